The number of carbonyl (C=O) groups excluding carboxylic acids is 1. The lowest BCUT2D eigenvalue weighted by molar-refractivity contribution is -0.384. The Morgan fingerprint density at radius 1 is 1.16 bits per heavy atom. The first-order valence-electron chi connectivity index (χ1n) is 8.06. The molecule has 3 rings (SSSR count). The first-order valence-corrected chi connectivity index (χ1v) is 8.88. The van der Waals surface area contributed by atoms with Crippen molar-refractivity contribution < 1.29 is 14.1 Å². The van der Waals surface area contributed by atoms with Crippen LogP contribution in [0.15, 0.2) is 52.3 Å². The number of non-ortho nitro benzene ring substituents is 1. The van der Waals surface area contributed by atoms with Gasteiger partial charge in [0.15, 0.2) is 0 Å². The summed E-state index contributed by atoms with van der Waals surface area (Å²) in [4.78, 5) is 24.0. The number of benzene rings is 2. The Labute approximate surface area is 148 Å². The number of hydrogen-bond acceptors (Lipinski definition) is 4. The second-order valence-corrected chi connectivity index (χ2v) is 7.01. The first-order chi connectivity index (χ1) is 12.0. The highest BCUT2D eigenvalue weighted by molar-refractivity contribution is 7.99. The standard InChI is InChI=1S/C18H17FN2O3S/c19-15-7-3-4-8-17(15)25-16-10-9-13(21(23)24)11-14(16)18(22)20-12-5-1-2-6-12/h3-4,7-12H,1-2,5-6H2,(H,20,22). The van der Waals surface area contributed by atoms with Crippen molar-refractivity contribution in [1.29, 1.82) is 0 Å². The number of nitrogens with zero attached hydrogens (tertiary/aromatic N) is 1. The van der Waals surface area contributed by atoms with Gasteiger partial charge in [-0.25, -0.2) is 4.39 Å². The Bertz CT molecular complexity index is 807. The average molecular weight is 360 g/mol. The van der Waals surface area contributed by atoms with E-state index in [1.165, 1.54) is 24.3 Å². The van der Waals surface area contributed by atoms with Crippen LogP contribution in [0.4, 0.5) is 10.1 Å². The predicted molar refractivity (Wildman–Crippen MR) is 93.3 cm³/mol. The molecule has 0 saturated heterocycles. The highest BCUT2D eigenvalue weighted by Crippen LogP contribution is 2.34. The van der Waals surface area contributed by atoms with Crippen LogP contribution in [0.3, 0.4) is 0 Å². The SMILES string of the molecule is O=C(NC1CCCC1)c1cc([N+](=O)[O-])ccc1Sc1ccccc1F. The quantitative estimate of drug-likeness (QED) is 0.627. The van der Waals surface area contributed by atoms with Gasteiger partial charge in [0.1, 0.15) is 5.82 Å². The van der Waals surface area contributed by atoms with Gasteiger partial charge < -0.3 is 5.32 Å². The molecule has 130 valence electrons. The maximum Gasteiger partial charge on any atom is 0.270 e. The van der Waals surface area contributed by atoms with Gasteiger partial charge in [0.05, 0.1) is 10.5 Å². The Morgan fingerprint density at radius 3 is 2.56 bits per heavy atom. The van der Waals surface area contributed by atoms with E-state index in [1.54, 1.807) is 18.2 Å². The Morgan fingerprint density at radius 2 is 1.88 bits per heavy atom. The molecule has 0 atom stereocenters. The third-order valence-electron chi connectivity index (χ3n) is 4.17. The molecule has 5 nitrogen and oxygen atoms in total. The molecule has 7 heteroatoms. The topological polar surface area (TPSA) is 72.2 Å². The summed E-state index contributed by atoms with van der Waals surface area (Å²) in [6.45, 7) is 0. The minimum atomic E-state index is -0.538. The second-order valence-electron chi connectivity index (χ2n) is 5.92. The second kappa shape index (κ2) is 7.65. The fourth-order valence-electron chi connectivity index (χ4n) is 2.88. The predicted octanol–water partition coefficient (Wildman–Crippen LogP) is 4.56. The fourth-order valence-corrected chi connectivity index (χ4v) is 3.82. The summed E-state index contributed by atoms with van der Waals surface area (Å²) in [5.41, 5.74) is 0.0452. The maximum absolute atomic E-state index is 13.9. The number of hydrogen-bond donors (Lipinski definition) is 1. The first kappa shape index (κ1) is 17.4. The molecule has 0 radical (unpaired) electrons. The normalized spacial score (nSPS) is 14.4. The zero-order valence-electron chi connectivity index (χ0n) is 13.4. The van der Waals surface area contributed by atoms with E-state index in [2.05, 4.69) is 5.32 Å². The van der Waals surface area contributed by atoms with Gasteiger partial charge in [-0.3, -0.25) is 14.9 Å². The van der Waals surface area contributed by atoms with E-state index in [1.807, 2.05) is 0 Å². The number of nitro benzene ring substituents is 1. The monoisotopic (exact) mass is 360 g/mol. The Balaban J connectivity index is 1.92. The molecule has 2 aromatic carbocycles. The van der Waals surface area contributed by atoms with Crippen LogP contribution in [0.1, 0.15) is 36.0 Å². The van der Waals surface area contributed by atoms with E-state index in [-0.39, 0.29) is 23.2 Å². The van der Waals surface area contributed by atoms with Crippen molar-refractivity contribution in [3.63, 3.8) is 0 Å². The van der Waals surface area contributed by atoms with Crippen molar-refractivity contribution in [2.75, 3.05) is 0 Å². The lowest BCUT2D eigenvalue weighted by Gasteiger charge is -2.14. The van der Waals surface area contributed by atoms with E-state index < -0.39 is 10.7 Å². The third-order valence-corrected chi connectivity index (χ3v) is 5.29. The molecule has 0 aliphatic heterocycles. The smallest absolute Gasteiger partial charge is 0.270 e. The zero-order valence-corrected chi connectivity index (χ0v) is 14.2. The Hall–Kier alpha value is -2.41. The summed E-state index contributed by atoms with van der Waals surface area (Å²) in [6, 6.07) is 10.4. The van der Waals surface area contributed by atoms with Crippen molar-refractivity contribution in [3.05, 3.63) is 64.0 Å². The van der Waals surface area contributed by atoms with Crippen LogP contribution < -0.4 is 5.32 Å². The molecule has 0 aromatic heterocycles. The molecule has 1 amide bonds. The van der Waals surface area contributed by atoms with E-state index in [0.29, 0.717) is 9.79 Å². The molecule has 2 aromatic rings. The van der Waals surface area contributed by atoms with Crippen molar-refractivity contribution in [3.8, 4) is 0 Å². The third kappa shape index (κ3) is 4.17. The molecule has 0 heterocycles. The van der Waals surface area contributed by atoms with Crippen molar-refractivity contribution in [2.24, 2.45) is 0 Å². The molecule has 1 saturated carbocycles. The summed E-state index contributed by atoms with van der Waals surface area (Å²) in [6.07, 6.45) is 3.96. The molecule has 0 spiro atoms. The minimum Gasteiger partial charge on any atom is -0.349 e. The van der Waals surface area contributed by atoms with Crippen LogP contribution >= 0.6 is 11.8 Å². The van der Waals surface area contributed by atoms with Crippen LogP contribution in [-0.2, 0) is 0 Å². The number of halogens is 1. The summed E-state index contributed by atoms with van der Waals surface area (Å²) in [5.74, 6) is -0.748. The number of carbonyl (C=O) groups is 1. The van der Waals surface area contributed by atoms with Crippen LogP contribution in [0, 0.1) is 15.9 Å². The van der Waals surface area contributed by atoms with E-state index in [9.17, 15) is 19.3 Å². The maximum atomic E-state index is 13.9. The zero-order chi connectivity index (χ0) is 17.8. The van der Waals surface area contributed by atoms with Gasteiger partial charge in [0.25, 0.3) is 11.6 Å². The highest BCUT2D eigenvalue weighted by Gasteiger charge is 2.22. The molecular formula is C18H17FN2O3S. The summed E-state index contributed by atoms with van der Waals surface area (Å²) in [7, 11) is 0. The summed E-state index contributed by atoms with van der Waals surface area (Å²) >= 11 is 1.09. The molecule has 0 bridgehead atoms. The van der Waals surface area contributed by atoms with Gasteiger partial charge in [0.2, 0.25) is 0 Å². The van der Waals surface area contributed by atoms with E-state index in [0.717, 1.165) is 37.4 Å². The average Bonchev–Trinajstić information content (AvgIpc) is 3.10. The van der Waals surface area contributed by atoms with Gasteiger partial charge in [0, 0.05) is 28.0 Å². The van der Waals surface area contributed by atoms with Gasteiger partial charge >= 0.3 is 0 Å². The Kier molecular flexibility index (Phi) is 5.33. The van der Waals surface area contributed by atoms with E-state index >= 15 is 0 Å². The number of amides is 1. The van der Waals surface area contributed by atoms with Gasteiger partial charge in [-0.05, 0) is 31.0 Å². The lowest BCUT2D eigenvalue weighted by atomic mass is 10.1. The van der Waals surface area contributed by atoms with Gasteiger partial charge in [-0.1, -0.05) is 36.7 Å². The molecule has 1 fully saturated rings. The summed E-state index contributed by atoms with van der Waals surface area (Å²) < 4.78 is 13.9. The highest BCUT2D eigenvalue weighted by atomic mass is 32.2. The van der Waals surface area contributed by atoms with Crippen LogP contribution in [0.2, 0.25) is 0 Å². The van der Waals surface area contributed by atoms with Crippen LogP contribution in [0.5, 0.6) is 0 Å². The summed E-state index contributed by atoms with van der Waals surface area (Å²) in [5, 5.41) is 14.0. The van der Waals surface area contributed by atoms with Gasteiger partial charge in [-0.2, -0.15) is 0 Å². The van der Waals surface area contributed by atoms with Crippen molar-refractivity contribution in [1.82, 2.24) is 5.32 Å². The van der Waals surface area contributed by atoms with E-state index in [4.69, 9.17) is 0 Å². The molecule has 1 aliphatic carbocycles. The largest absolute Gasteiger partial charge is 0.349 e. The van der Waals surface area contributed by atoms with Crippen LogP contribution in [0.25, 0.3) is 0 Å². The lowest BCUT2D eigenvalue weighted by Crippen LogP contribution is -2.32. The van der Waals surface area contributed by atoms with Crippen molar-refractivity contribution >= 4 is 23.4 Å². The van der Waals surface area contributed by atoms with Gasteiger partial charge in [-0.15, -0.1) is 0 Å². The molecule has 1 N–H and O–H groups in total. The minimum absolute atomic E-state index is 0.0954. The number of rotatable bonds is 5. The molecule has 0 unspecified atom stereocenters. The number of nitro groups is 1. The fraction of sp³-hybridized carbons (Fsp3) is 0.278. The number of nitrogens with one attached hydrogen (secondary N) is 1. The molecule has 1 aliphatic rings. The molecule has 25 heavy (non-hydrogen) atoms. The van der Waals surface area contributed by atoms with Crippen LogP contribution in [-0.4, -0.2) is 16.9 Å². The molecular weight excluding hydrogens is 343 g/mol. The van der Waals surface area contributed by atoms with Crippen molar-refractivity contribution in [2.45, 2.75) is 41.5 Å².